The molecule has 9 heteroatoms. The zero-order valence-corrected chi connectivity index (χ0v) is 24.3. The van der Waals surface area contributed by atoms with Gasteiger partial charge in [-0.3, -0.25) is 4.79 Å². The fourth-order valence-corrected chi connectivity index (χ4v) is 4.72. The number of hydrogen-bond acceptors (Lipinski definition) is 4. The Labute approximate surface area is 234 Å². The maximum atomic E-state index is 13.4. The molecule has 0 heterocycles. The summed E-state index contributed by atoms with van der Waals surface area (Å²) in [6, 6.07) is 8.06. The highest BCUT2D eigenvalue weighted by Crippen LogP contribution is 2.38. The maximum absolute atomic E-state index is 13.4. The van der Waals surface area contributed by atoms with Crippen LogP contribution >= 0.6 is 23.4 Å². The van der Waals surface area contributed by atoms with E-state index in [0.29, 0.717) is 24.6 Å². The zero-order valence-electron chi connectivity index (χ0n) is 22.7. The smallest absolute Gasteiger partial charge is 0.416 e. The maximum Gasteiger partial charge on any atom is 0.416 e. The van der Waals surface area contributed by atoms with E-state index in [9.17, 15) is 18.0 Å². The second kappa shape index (κ2) is 16.1. The van der Waals surface area contributed by atoms with Crippen molar-refractivity contribution >= 4 is 29.3 Å². The highest BCUT2D eigenvalue weighted by molar-refractivity contribution is 7.98. The molecule has 0 aliphatic carbocycles. The third-order valence-electron chi connectivity index (χ3n) is 6.15. The van der Waals surface area contributed by atoms with Crippen LogP contribution in [-0.4, -0.2) is 36.3 Å². The average molecular weight is 574 g/mol. The third-order valence-corrected chi connectivity index (χ3v) is 7.22. The van der Waals surface area contributed by atoms with Gasteiger partial charge in [-0.1, -0.05) is 64.0 Å². The monoisotopic (exact) mass is 573 g/mol. The minimum atomic E-state index is -4.49. The number of benzene rings is 2. The largest absolute Gasteiger partial charge is 0.480 e. The first-order chi connectivity index (χ1) is 18.1. The van der Waals surface area contributed by atoms with Crippen molar-refractivity contribution in [3.05, 3.63) is 47.0 Å². The minimum Gasteiger partial charge on any atom is -0.480 e. The molecule has 0 saturated heterocycles. The lowest BCUT2D eigenvalue weighted by atomic mass is 10.1. The standard InChI is InChI=1S/C29H39ClF3NO3S/c1-5-7-9-11-17-34(18-12-10-8-6-2)28(35)21(3)36-26-20-23(14-16-27(26)38-4)37-25-15-13-22(19-24(25)30)29(31,32)33/h13-16,19-21H,5-12,17-18H2,1-4H3. The molecule has 1 amide bonds. The Balaban J connectivity index is 2.15. The van der Waals surface area contributed by atoms with Crippen molar-refractivity contribution in [3.63, 3.8) is 0 Å². The molecule has 0 saturated carbocycles. The topological polar surface area (TPSA) is 38.8 Å². The summed E-state index contributed by atoms with van der Waals surface area (Å²) in [7, 11) is 0. The number of alkyl halides is 3. The Morgan fingerprint density at radius 2 is 1.58 bits per heavy atom. The molecule has 2 aromatic rings. The summed E-state index contributed by atoms with van der Waals surface area (Å²) in [5.41, 5.74) is -0.849. The first-order valence-electron chi connectivity index (χ1n) is 13.3. The van der Waals surface area contributed by atoms with Crippen LogP contribution in [0.3, 0.4) is 0 Å². The number of amides is 1. The molecule has 0 aliphatic rings. The Hall–Kier alpha value is -2.06. The summed E-state index contributed by atoms with van der Waals surface area (Å²) in [5.74, 6) is 0.852. The molecule has 0 fully saturated rings. The van der Waals surface area contributed by atoms with E-state index in [1.54, 1.807) is 25.1 Å². The Bertz CT molecular complexity index is 1010. The van der Waals surface area contributed by atoms with E-state index >= 15 is 0 Å². The zero-order chi connectivity index (χ0) is 28.1. The number of ether oxygens (including phenoxy) is 2. The highest BCUT2D eigenvalue weighted by atomic mass is 35.5. The minimum absolute atomic E-state index is 0.0536. The van der Waals surface area contributed by atoms with Crippen LogP contribution in [0.25, 0.3) is 0 Å². The molecule has 0 spiro atoms. The second-order valence-electron chi connectivity index (χ2n) is 9.26. The van der Waals surface area contributed by atoms with Gasteiger partial charge in [-0.2, -0.15) is 13.2 Å². The normalized spacial score (nSPS) is 12.3. The number of carbonyl (C=O) groups excluding carboxylic acids is 1. The molecule has 0 aromatic heterocycles. The molecule has 2 rings (SSSR count). The Morgan fingerprint density at radius 3 is 2.11 bits per heavy atom. The number of halogens is 4. The summed E-state index contributed by atoms with van der Waals surface area (Å²) in [5, 5.41) is -0.151. The van der Waals surface area contributed by atoms with Crippen LogP contribution in [0.1, 0.15) is 77.7 Å². The summed E-state index contributed by atoms with van der Waals surface area (Å²) >= 11 is 7.52. The SMILES string of the molecule is CCCCCCN(CCCCCC)C(=O)C(C)Oc1cc(Oc2ccc(C(F)(F)F)cc2Cl)ccc1SC. The van der Waals surface area contributed by atoms with E-state index in [1.807, 2.05) is 11.2 Å². The van der Waals surface area contributed by atoms with E-state index in [-0.39, 0.29) is 16.7 Å². The fourth-order valence-electron chi connectivity index (χ4n) is 3.99. The molecule has 1 unspecified atom stereocenters. The molecule has 0 N–H and O–H groups in total. The van der Waals surface area contributed by atoms with E-state index in [2.05, 4.69) is 13.8 Å². The van der Waals surface area contributed by atoms with Crippen LogP contribution in [0.4, 0.5) is 13.2 Å². The van der Waals surface area contributed by atoms with Crippen LogP contribution < -0.4 is 9.47 Å². The van der Waals surface area contributed by atoms with Crippen molar-refractivity contribution < 1.29 is 27.4 Å². The number of thioether (sulfide) groups is 1. The molecule has 0 aliphatic heterocycles. The van der Waals surface area contributed by atoms with Crippen molar-refractivity contribution in [1.82, 2.24) is 4.90 Å². The van der Waals surface area contributed by atoms with Gasteiger partial charge in [0.2, 0.25) is 0 Å². The predicted octanol–water partition coefficient (Wildman–Crippen LogP) is 9.63. The van der Waals surface area contributed by atoms with Crippen molar-refractivity contribution in [3.8, 4) is 17.2 Å². The number of nitrogens with zero attached hydrogens (tertiary/aromatic N) is 1. The number of hydrogen-bond donors (Lipinski definition) is 0. The molecule has 38 heavy (non-hydrogen) atoms. The van der Waals surface area contributed by atoms with Gasteiger partial charge in [-0.15, -0.1) is 11.8 Å². The van der Waals surface area contributed by atoms with Gasteiger partial charge >= 0.3 is 6.18 Å². The van der Waals surface area contributed by atoms with Crippen LogP contribution in [0.2, 0.25) is 5.02 Å². The Kier molecular flexibility index (Phi) is 13.7. The van der Waals surface area contributed by atoms with Gasteiger partial charge in [-0.05, 0) is 56.4 Å². The van der Waals surface area contributed by atoms with Crippen LogP contribution in [0.15, 0.2) is 41.3 Å². The summed E-state index contributed by atoms with van der Waals surface area (Å²) in [6.45, 7) is 7.50. The number of unbranched alkanes of at least 4 members (excludes halogenated alkanes) is 6. The summed E-state index contributed by atoms with van der Waals surface area (Å²) in [6.07, 6.45) is 5.38. The average Bonchev–Trinajstić information content (AvgIpc) is 2.88. The van der Waals surface area contributed by atoms with Gasteiger partial charge in [0.15, 0.2) is 6.10 Å². The lowest BCUT2D eigenvalue weighted by Gasteiger charge is -2.27. The van der Waals surface area contributed by atoms with Crippen LogP contribution in [-0.2, 0) is 11.0 Å². The third kappa shape index (κ3) is 10.3. The van der Waals surface area contributed by atoms with Crippen molar-refractivity contribution in [2.75, 3.05) is 19.3 Å². The van der Waals surface area contributed by atoms with Crippen molar-refractivity contribution in [1.29, 1.82) is 0 Å². The van der Waals surface area contributed by atoms with Gasteiger partial charge in [-0.25, -0.2) is 0 Å². The Morgan fingerprint density at radius 1 is 0.947 bits per heavy atom. The summed E-state index contributed by atoms with van der Waals surface area (Å²) in [4.78, 5) is 16.1. The van der Waals surface area contributed by atoms with Gasteiger partial charge in [0.05, 0.1) is 10.6 Å². The lowest BCUT2D eigenvalue weighted by molar-refractivity contribution is -0.138. The molecule has 0 radical (unpaired) electrons. The van der Waals surface area contributed by atoms with Crippen LogP contribution in [0, 0.1) is 0 Å². The van der Waals surface area contributed by atoms with Gasteiger partial charge in [0.1, 0.15) is 17.2 Å². The molecular formula is C29H39ClF3NO3S. The first kappa shape index (κ1) is 32.2. The van der Waals surface area contributed by atoms with E-state index in [1.165, 1.54) is 17.8 Å². The molecular weight excluding hydrogens is 535 g/mol. The molecule has 1 atom stereocenters. The lowest BCUT2D eigenvalue weighted by Crippen LogP contribution is -2.41. The van der Waals surface area contributed by atoms with Gasteiger partial charge in [0, 0.05) is 24.1 Å². The number of rotatable bonds is 16. The highest BCUT2D eigenvalue weighted by Gasteiger charge is 2.31. The van der Waals surface area contributed by atoms with Crippen molar-refractivity contribution in [2.45, 2.75) is 89.3 Å². The van der Waals surface area contributed by atoms with E-state index < -0.39 is 17.8 Å². The fraction of sp³-hybridized carbons (Fsp3) is 0.552. The van der Waals surface area contributed by atoms with Gasteiger partial charge in [0.25, 0.3) is 5.91 Å². The van der Waals surface area contributed by atoms with E-state index in [0.717, 1.165) is 68.4 Å². The summed E-state index contributed by atoms with van der Waals surface area (Å²) < 4.78 is 50.8. The second-order valence-corrected chi connectivity index (χ2v) is 10.5. The molecule has 2 aromatic carbocycles. The predicted molar refractivity (Wildman–Crippen MR) is 150 cm³/mol. The van der Waals surface area contributed by atoms with Crippen molar-refractivity contribution in [2.24, 2.45) is 0 Å². The number of carbonyl (C=O) groups is 1. The quantitative estimate of drug-likeness (QED) is 0.148. The molecule has 212 valence electrons. The van der Waals surface area contributed by atoms with Gasteiger partial charge < -0.3 is 14.4 Å². The molecule has 4 nitrogen and oxygen atoms in total. The molecule has 0 bridgehead atoms. The first-order valence-corrected chi connectivity index (χ1v) is 14.9. The van der Waals surface area contributed by atoms with E-state index in [4.69, 9.17) is 21.1 Å². The van der Waals surface area contributed by atoms with Crippen LogP contribution in [0.5, 0.6) is 17.2 Å².